The Kier molecular flexibility index (Phi) is 5.37. The second kappa shape index (κ2) is 7.83. The molecular formula is C32H45FO2. The van der Waals surface area contributed by atoms with Crippen molar-refractivity contribution in [3.8, 4) is 5.75 Å². The number of allylic oxidation sites excluding steroid dienone is 2. The molecule has 6 rings (SSSR count). The Morgan fingerprint density at radius 2 is 1.69 bits per heavy atom. The highest BCUT2D eigenvalue weighted by Gasteiger charge is 2.65. The van der Waals surface area contributed by atoms with Gasteiger partial charge in [0.15, 0.2) is 11.6 Å². The molecule has 2 N–H and O–H groups in total. The molecule has 0 spiro atoms. The number of hydrogen-bond donors (Lipinski definition) is 2. The summed E-state index contributed by atoms with van der Waals surface area (Å²) in [6.45, 7) is 10.4. The number of hydrogen-bond acceptors (Lipinski definition) is 2. The molecule has 0 saturated heterocycles. The average Bonchev–Trinajstić information content (AvgIpc) is 3.25. The summed E-state index contributed by atoms with van der Waals surface area (Å²) in [5.41, 5.74) is 3.05. The summed E-state index contributed by atoms with van der Waals surface area (Å²) in [7, 11) is 0. The van der Waals surface area contributed by atoms with Gasteiger partial charge in [0.25, 0.3) is 0 Å². The third-order valence-corrected chi connectivity index (χ3v) is 12.8. The van der Waals surface area contributed by atoms with Crippen LogP contribution in [0.4, 0.5) is 4.39 Å². The standard InChI is InChI=1S/C32H45FO2/c1-29(2)22(20-7-9-26(35)25(33)18-20)11-15-31(4)27(29)13-16-30(3)23-12-17-32(19-34)14-5-6-24(32)21(23)8-10-28(30)31/h7,9,11,18,21,23-24,27-28,34-35H,5-6,8,10,12-17,19H2,1-4H3/t21-,23?,24?,27?,28?,30-,31-,32+/m0/s1. The highest BCUT2D eigenvalue weighted by atomic mass is 19.1. The Hall–Kier alpha value is -1.35. The van der Waals surface area contributed by atoms with Gasteiger partial charge in [-0.1, -0.05) is 46.3 Å². The summed E-state index contributed by atoms with van der Waals surface area (Å²) < 4.78 is 14.3. The Bertz CT molecular complexity index is 1040. The van der Waals surface area contributed by atoms with Crippen molar-refractivity contribution in [1.82, 2.24) is 0 Å². The second-order valence-electron chi connectivity index (χ2n) is 14.3. The number of fused-ring (bicyclic) bond motifs is 7. The van der Waals surface area contributed by atoms with E-state index in [1.807, 2.05) is 6.07 Å². The van der Waals surface area contributed by atoms with E-state index < -0.39 is 5.82 Å². The van der Waals surface area contributed by atoms with Gasteiger partial charge in [-0.05, 0) is 132 Å². The van der Waals surface area contributed by atoms with E-state index in [1.54, 1.807) is 0 Å². The van der Waals surface area contributed by atoms with E-state index in [4.69, 9.17) is 0 Å². The summed E-state index contributed by atoms with van der Waals surface area (Å²) in [6.07, 6.45) is 15.2. The molecule has 5 aliphatic carbocycles. The topological polar surface area (TPSA) is 40.5 Å². The SMILES string of the molecule is CC1(C)C(c2ccc(O)c(F)c2)=CC[C@@]2(C)C1CC[C@@]1(C)C3CC[C@@]4(CO)CCCC4[C@H]3CCC12. The number of phenols is 1. The smallest absolute Gasteiger partial charge is 0.165 e. The lowest BCUT2D eigenvalue weighted by Crippen LogP contribution is -2.61. The van der Waals surface area contributed by atoms with Crippen LogP contribution in [-0.2, 0) is 0 Å². The van der Waals surface area contributed by atoms with E-state index in [1.165, 1.54) is 75.5 Å². The van der Waals surface area contributed by atoms with E-state index in [0.29, 0.717) is 17.9 Å². The monoisotopic (exact) mass is 480 g/mol. The van der Waals surface area contributed by atoms with E-state index in [-0.39, 0.29) is 22.0 Å². The van der Waals surface area contributed by atoms with Crippen molar-refractivity contribution < 1.29 is 14.6 Å². The van der Waals surface area contributed by atoms with Gasteiger partial charge in [-0.15, -0.1) is 0 Å². The molecule has 35 heavy (non-hydrogen) atoms. The zero-order valence-electron chi connectivity index (χ0n) is 22.2. The highest BCUT2D eigenvalue weighted by molar-refractivity contribution is 5.72. The van der Waals surface area contributed by atoms with Gasteiger partial charge in [0, 0.05) is 6.61 Å². The third kappa shape index (κ3) is 3.15. The van der Waals surface area contributed by atoms with Gasteiger partial charge >= 0.3 is 0 Å². The van der Waals surface area contributed by atoms with Crippen LogP contribution < -0.4 is 0 Å². The molecule has 1 aromatic rings. The molecule has 0 heterocycles. The van der Waals surface area contributed by atoms with Gasteiger partial charge in [-0.3, -0.25) is 0 Å². The first-order valence-corrected chi connectivity index (χ1v) is 14.4. The maximum atomic E-state index is 14.3. The van der Waals surface area contributed by atoms with E-state index in [2.05, 4.69) is 33.8 Å². The van der Waals surface area contributed by atoms with Crippen LogP contribution in [-0.4, -0.2) is 16.8 Å². The van der Waals surface area contributed by atoms with Crippen molar-refractivity contribution in [3.63, 3.8) is 0 Å². The molecular weight excluding hydrogens is 435 g/mol. The molecule has 0 bridgehead atoms. The third-order valence-electron chi connectivity index (χ3n) is 12.8. The lowest BCUT2D eigenvalue weighted by atomic mass is 9.36. The van der Waals surface area contributed by atoms with Gasteiger partial charge in [0.1, 0.15) is 0 Å². The van der Waals surface area contributed by atoms with Crippen LogP contribution in [0.25, 0.3) is 5.57 Å². The van der Waals surface area contributed by atoms with Crippen LogP contribution in [0.3, 0.4) is 0 Å². The maximum absolute atomic E-state index is 14.3. The Balaban J connectivity index is 1.34. The zero-order chi connectivity index (χ0) is 24.8. The summed E-state index contributed by atoms with van der Waals surface area (Å²) >= 11 is 0. The van der Waals surface area contributed by atoms with Crippen LogP contribution in [0.1, 0.15) is 97.5 Å². The fourth-order valence-electron chi connectivity index (χ4n) is 11.4. The van der Waals surface area contributed by atoms with Gasteiger partial charge in [0.05, 0.1) is 0 Å². The first-order chi connectivity index (χ1) is 16.6. The van der Waals surface area contributed by atoms with Crippen molar-refractivity contribution >= 4 is 5.57 Å². The van der Waals surface area contributed by atoms with Crippen LogP contribution in [0, 0.1) is 57.1 Å². The van der Waals surface area contributed by atoms with Crippen LogP contribution in [0.15, 0.2) is 24.3 Å². The zero-order valence-corrected chi connectivity index (χ0v) is 22.2. The van der Waals surface area contributed by atoms with Crippen LogP contribution in [0.2, 0.25) is 0 Å². The minimum Gasteiger partial charge on any atom is -0.505 e. The number of phenolic OH excluding ortho intramolecular Hbond substituents is 1. The summed E-state index contributed by atoms with van der Waals surface area (Å²) in [5, 5.41) is 20.1. The predicted molar refractivity (Wildman–Crippen MR) is 139 cm³/mol. The molecule has 4 fully saturated rings. The van der Waals surface area contributed by atoms with E-state index >= 15 is 0 Å². The molecule has 4 unspecified atom stereocenters. The summed E-state index contributed by atoms with van der Waals surface area (Å²) in [4.78, 5) is 0. The van der Waals surface area contributed by atoms with Crippen molar-refractivity contribution in [2.24, 2.45) is 51.2 Å². The van der Waals surface area contributed by atoms with Gasteiger partial charge in [-0.2, -0.15) is 0 Å². The normalized spacial score (nSPS) is 46.1. The first kappa shape index (κ1) is 24.0. The molecule has 3 heteroatoms. The largest absolute Gasteiger partial charge is 0.505 e. The van der Waals surface area contributed by atoms with E-state index in [9.17, 15) is 14.6 Å². The maximum Gasteiger partial charge on any atom is 0.165 e. The first-order valence-electron chi connectivity index (χ1n) is 14.4. The Labute approximate surface area is 211 Å². The van der Waals surface area contributed by atoms with Crippen molar-refractivity contribution in [3.05, 3.63) is 35.7 Å². The number of benzene rings is 1. The fraction of sp³-hybridized carbons (Fsp3) is 0.750. The van der Waals surface area contributed by atoms with Gasteiger partial charge < -0.3 is 10.2 Å². The lowest BCUT2D eigenvalue weighted by Gasteiger charge is -2.68. The molecule has 8 atom stereocenters. The molecule has 0 aromatic heterocycles. The van der Waals surface area contributed by atoms with Gasteiger partial charge in [-0.25, -0.2) is 4.39 Å². The van der Waals surface area contributed by atoms with E-state index in [0.717, 1.165) is 35.7 Å². The molecule has 1 aromatic carbocycles. The number of halogens is 1. The predicted octanol–water partition coefficient (Wildman–Crippen LogP) is 7.98. The Morgan fingerprint density at radius 1 is 0.886 bits per heavy atom. The Morgan fingerprint density at radius 3 is 2.43 bits per heavy atom. The second-order valence-corrected chi connectivity index (χ2v) is 14.3. The number of aliphatic hydroxyl groups excluding tert-OH is 1. The number of aromatic hydroxyl groups is 1. The number of rotatable bonds is 2. The molecule has 5 aliphatic rings. The van der Waals surface area contributed by atoms with Crippen LogP contribution in [0.5, 0.6) is 5.75 Å². The van der Waals surface area contributed by atoms with Crippen molar-refractivity contribution in [1.29, 1.82) is 0 Å². The minimum atomic E-state index is -0.523. The molecule has 0 aliphatic heterocycles. The molecule has 0 amide bonds. The average molecular weight is 481 g/mol. The van der Waals surface area contributed by atoms with Gasteiger partial charge in [0.2, 0.25) is 0 Å². The number of aliphatic hydroxyl groups is 1. The highest BCUT2D eigenvalue weighted by Crippen LogP contribution is 2.73. The summed E-state index contributed by atoms with van der Waals surface area (Å²) in [6, 6.07) is 4.93. The lowest BCUT2D eigenvalue weighted by molar-refractivity contribution is -0.181. The summed E-state index contributed by atoms with van der Waals surface area (Å²) in [5.74, 6) is 2.88. The molecule has 192 valence electrons. The molecule has 4 saturated carbocycles. The molecule has 0 radical (unpaired) electrons. The quantitative estimate of drug-likeness (QED) is 0.450. The minimum absolute atomic E-state index is 0.0291. The van der Waals surface area contributed by atoms with Crippen LogP contribution >= 0.6 is 0 Å². The molecule has 2 nitrogen and oxygen atoms in total. The van der Waals surface area contributed by atoms with Crippen molar-refractivity contribution in [2.75, 3.05) is 6.61 Å². The fourth-order valence-corrected chi connectivity index (χ4v) is 11.4. The van der Waals surface area contributed by atoms with Crippen molar-refractivity contribution in [2.45, 2.75) is 91.9 Å².